The number of fused-ring (bicyclic) bond motifs is 1. The van der Waals surface area contributed by atoms with E-state index in [1.807, 2.05) is 0 Å². The molecule has 2 nitrogen and oxygen atoms in total. The molecule has 0 saturated carbocycles. The van der Waals surface area contributed by atoms with E-state index in [0.29, 0.717) is 0 Å². The molecule has 0 spiro atoms. The number of rotatable bonds is 1. The van der Waals surface area contributed by atoms with Crippen LogP contribution in [0.4, 0.5) is 0 Å². The minimum atomic E-state index is 0.171. The van der Waals surface area contributed by atoms with Gasteiger partial charge in [0.15, 0.2) is 0 Å². The molecule has 0 saturated heterocycles. The lowest BCUT2D eigenvalue weighted by Gasteiger charge is -2.23. The molecular formula is C13H17NO. The molecule has 1 amide bonds. The summed E-state index contributed by atoms with van der Waals surface area (Å²) in [6, 6.07) is 6.54. The van der Waals surface area contributed by atoms with Crippen molar-refractivity contribution in [2.75, 3.05) is 7.05 Å². The number of benzene rings is 1. The van der Waals surface area contributed by atoms with Crippen molar-refractivity contribution < 1.29 is 4.79 Å². The van der Waals surface area contributed by atoms with Crippen LogP contribution in [0.5, 0.6) is 0 Å². The van der Waals surface area contributed by atoms with Crippen molar-refractivity contribution in [2.45, 2.75) is 26.2 Å². The Balaban J connectivity index is 2.20. The second-order valence-electron chi connectivity index (χ2n) is 4.33. The Morgan fingerprint density at radius 3 is 2.93 bits per heavy atom. The molecule has 1 aliphatic carbocycles. The van der Waals surface area contributed by atoms with Crippen LogP contribution in [-0.4, -0.2) is 13.0 Å². The molecule has 0 aliphatic heterocycles. The van der Waals surface area contributed by atoms with Gasteiger partial charge in [0, 0.05) is 13.0 Å². The van der Waals surface area contributed by atoms with Gasteiger partial charge in [-0.25, -0.2) is 0 Å². The summed E-state index contributed by atoms with van der Waals surface area (Å²) in [5.41, 5.74) is 4.09. The minimum absolute atomic E-state index is 0.171. The summed E-state index contributed by atoms with van der Waals surface area (Å²) in [6.45, 7) is 2.12. The Hall–Kier alpha value is -1.31. The summed E-state index contributed by atoms with van der Waals surface area (Å²) in [5, 5.41) is 2.74. The largest absolute Gasteiger partial charge is 0.359 e. The third kappa shape index (κ3) is 2.04. The third-order valence-electron chi connectivity index (χ3n) is 3.21. The average molecular weight is 203 g/mol. The van der Waals surface area contributed by atoms with E-state index in [1.54, 1.807) is 7.05 Å². The minimum Gasteiger partial charge on any atom is -0.359 e. The van der Waals surface area contributed by atoms with Gasteiger partial charge in [0.05, 0.1) is 0 Å². The fraction of sp³-hybridized carbons (Fsp3) is 0.462. The molecule has 1 aliphatic rings. The summed E-state index contributed by atoms with van der Waals surface area (Å²) in [4.78, 5) is 11.5. The van der Waals surface area contributed by atoms with E-state index in [4.69, 9.17) is 0 Å². The first-order chi connectivity index (χ1) is 7.20. The maximum atomic E-state index is 11.5. The molecule has 0 aromatic heterocycles. The van der Waals surface area contributed by atoms with Gasteiger partial charge in [0.25, 0.3) is 0 Å². The summed E-state index contributed by atoms with van der Waals surface area (Å²) < 4.78 is 0. The maximum absolute atomic E-state index is 11.5. The number of hydrogen-bond acceptors (Lipinski definition) is 1. The fourth-order valence-electron chi connectivity index (χ4n) is 2.31. The topological polar surface area (TPSA) is 29.1 Å². The van der Waals surface area contributed by atoms with Crippen LogP contribution < -0.4 is 5.32 Å². The van der Waals surface area contributed by atoms with Crippen molar-refractivity contribution in [3.05, 3.63) is 34.9 Å². The van der Waals surface area contributed by atoms with Gasteiger partial charge in [-0.1, -0.05) is 23.8 Å². The summed E-state index contributed by atoms with van der Waals surface area (Å²) in [6.07, 6.45) is 2.92. The molecule has 1 aromatic rings. The van der Waals surface area contributed by atoms with Crippen molar-refractivity contribution in [1.82, 2.24) is 5.32 Å². The predicted molar refractivity (Wildman–Crippen MR) is 60.8 cm³/mol. The van der Waals surface area contributed by atoms with Crippen LogP contribution in [0, 0.1) is 12.8 Å². The Kier molecular flexibility index (Phi) is 2.76. The zero-order valence-corrected chi connectivity index (χ0v) is 9.34. The molecule has 2 rings (SSSR count). The van der Waals surface area contributed by atoms with E-state index in [0.717, 1.165) is 19.3 Å². The van der Waals surface area contributed by atoms with Crippen LogP contribution in [0.2, 0.25) is 0 Å². The third-order valence-corrected chi connectivity index (χ3v) is 3.21. The first-order valence-corrected chi connectivity index (χ1v) is 5.50. The monoisotopic (exact) mass is 203 g/mol. The Labute approximate surface area is 90.7 Å². The van der Waals surface area contributed by atoms with E-state index >= 15 is 0 Å². The highest BCUT2D eigenvalue weighted by Gasteiger charge is 2.23. The molecule has 0 heterocycles. The van der Waals surface area contributed by atoms with E-state index < -0.39 is 0 Å². The van der Waals surface area contributed by atoms with Gasteiger partial charge in [-0.3, -0.25) is 4.79 Å². The lowest BCUT2D eigenvalue weighted by Crippen LogP contribution is -2.31. The number of carbonyl (C=O) groups excluding carboxylic acids is 1. The van der Waals surface area contributed by atoms with Gasteiger partial charge in [-0.15, -0.1) is 0 Å². The SMILES string of the molecule is CNC(=O)C1CCc2cc(C)ccc2C1. The van der Waals surface area contributed by atoms with E-state index in [-0.39, 0.29) is 11.8 Å². The molecular weight excluding hydrogens is 186 g/mol. The van der Waals surface area contributed by atoms with Crippen molar-refractivity contribution >= 4 is 5.91 Å². The lowest BCUT2D eigenvalue weighted by atomic mass is 9.83. The highest BCUT2D eigenvalue weighted by Crippen LogP contribution is 2.26. The first kappa shape index (κ1) is 10.2. The molecule has 80 valence electrons. The first-order valence-electron chi connectivity index (χ1n) is 5.50. The molecule has 0 radical (unpaired) electrons. The van der Waals surface area contributed by atoms with E-state index in [1.165, 1.54) is 16.7 Å². The van der Waals surface area contributed by atoms with Gasteiger partial charge in [-0.2, -0.15) is 0 Å². The van der Waals surface area contributed by atoms with Gasteiger partial charge in [0.1, 0.15) is 0 Å². The van der Waals surface area contributed by atoms with Crippen molar-refractivity contribution in [3.63, 3.8) is 0 Å². The van der Waals surface area contributed by atoms with Crippen LogP contribution in [0.3, 0.4) is 0 Å². The number of hydrogen-bond donors (Lipinski definition) is 1. The summed E-state index contributed by atoms with van der Waals surface area (Å²) in [5.74, 6) is 0.353. The molecule has 1 aromatic carbocycles. The number of aryl methyl sites for hydroxylation is 2. The van der Waals surface area contributed by atoms with Crippen LogP contribution >= 0.6 is 0 Å². The second kappa shape index (κ2) is 4.05. The van der Waals surface area contributed by atoms with E-state index in [9.17, 15) is 4.79 Å². The number of carbonyl (C=O) groups is 1. The highest BCUT2D eigenvalue weighted by molar-refractivity contribution is 5.79. The fourth-order valence-corrected chi connectivity index (χ4v) is 2.31. The molecule has 1 atom stereocenters. The quantitative estimate of drug-likeness (QED) is 0.741. The molecule has 1 unspecified atom stereocenters. The normalized spacial score (nSPS) is 19.5. The van der Waals surface area contributed by atoms with Crippen molar-refractivity contribution in [3.8, 4) is 0 Å². The Morgan fingerprint density at radius 1 is 1.40 bits per heavy atom. The van der Waals surface area contributed by atoms with Gasteiger partial charge in [-0.05, 0) is 37.3 Å². The molecule has 15 heavy (non-hydrogen) atoms. The van der Waals surface area contributed by atoms with Crippen molar-refractivity contribution in [2.24, 2.45) is 5.92 Å². The van der Waals surface area contributed by atoms with Crippen LogP contribution in [0.25, 0.3) is 0 Å². The van der Waals surface area contributed by atoms with Crippen LogP contribution in [-0.2, 0) is 17.6 Å². The number of nitrogens with one attached hydrogen (secondary N) is 1. The smallest absolute Gasteiger partial charge is 0.223 e. The highest BCUT2D eigenvalue weighted by atomic mass is 16.1. The summed E-state index contributed by atoms with van der Waals surface area (Å²) in [7, 11) is 1.72. The average Bonchev–Trinajstić information content (AvgIpc) is 2.27. The number of amides is 1. The van der Waals surface area contributed by atoms with Gasteiger partial charge < -0.3 is 5.32 Å². The Bertz CT molecular complexity index is 384. The molecule has 0 bridgehead atoms. The lowest BCUT2D eigenvalue weighted by molar-refractivity contribution is -0.124. The molecule has 2 heteroatoms. The summed E-state index contributed by atoms with van der Waals surface area (Å²) >= 11 is 0. The van der Waals surface area contributed by atoms with Gasteiger partial charge in [0.2, 0.25) is 5.91 Å². The second-order valence-corrected chi connectivity index (χ2v) is 4.33. The van der Waals surface area contributed by atoms with E-state index in [2.05, 4.69) is 30.4 Å². The van der Waals surface area contributed by atoms with Gasteiger partial charge >= 0.3 is 0 Å². The Morgan fingerprint density at radius 2 is 2.20 bits per heavy atom. The zero-order valence-electron chi connectivity index (χ0n) is 9.34. The van der Waals surface area contributed by atoms with Crippen LogP contribution in [0.15, 0.2) is 18.2 Å². The molecule has 0 fully saturated rings. The zero-order chi connectivity index (χ0) is 10.8. The van der Waals surface area contributed by atoms with Crippen LogP contribution in [0.1, 0.15) is 23.1 Å². The predicted octanol–water partition coefficient (Wildman–Crippen LogP) is 1.85. The standard InChI is InChI=1S/C13H17NO/c1-9-3-4-11-8-12(13(15)14-2)6-5-10(11)7-9/h3-4,7,12H,5-6,8H2,1-2H3,(H,14,15). The maximum Gasteiger partial charge on any atom is 0.223 e. The van der Waals surface area contributed by atoms with Crippen molar-refractivity contribution in [1.29, 1.82) is 0 Å². The molecule has 1 N–H and O–H groups in total.